The van der Waals surface area contributed by atoms with Crippen molar-refractivity contribution >= 4 is 23.2 Å². The van der Waals surface area contributed by atoms with Gasteiger partial charge in [-0.15, -0.1) is 0 Å². The average Bonchev–Trinajstić information content (AvgIpc) is 1.96. The lowest BCUT2D eigenvalue weighted by molar-refractivity contribution is 0.809. The lowest BCUT2D eigenvalue weighted by Crippen LogP contribution is -2.23. The van der Waals surface area contributed by atoms with Crippen molar-refractivity contribution in [2.45, 2.75) is 0 Å². The van der Waals surface area contributed by atoms with Crippen molar-refractivity contribution in [3.8, 4) is 0 Å². The molecule has 0 atom stereocenters. The molecule has 7 N–H and O–H groups in total. The molecular formula is C6H12Cl2N4. The summed E-state index contributed by atoms with van der Waals surface area (Å²) in [4.78, 5) is 0. The van der Waals surface area contributed by atoms with E-state index >= 15 is 0 Å². The van der Waals surface area contributed by atoms with Crippen LogP contribution in [-0.2, 0) is 0 Å². The molecule has 4 nitrogen and oxygen atoms in total. The van der Waals surface area contributed by atoms with Crippen molar-refractivity contribution in [3.05, 3.63) is 22.1 Å². The van der Waals surface area contributed by atoms with Crippen LogP contribution >= 0.6 is 23.2 Å². The second-order valence-corrected chi connectivity index (χ2v) is 2.85. The van der Waals surface area contributed by atoms with E-state index in [-0.39, 0.29) is 10.3 Å². The van der Waals surface area contributed by atoms with E-state index in [0.717, 1.165) is 0 Å². The zero-order valence-corrected chi connectivity index (χ0v) is 7.99. The van der Waals surface area contributed by atoms with E-state index in [1.54, 1.807) is 0 Å². The molecule has 0 spiro atoms. The fraction of sp³-hybridized carbons (Fsp3) is 0.333. The van der Waals surface area contributed by atoms with Crippen molar-refractivity contribution in [3.63, 3.8) is 0 Å². The van der Waals surface area contributed by atoms with Crippen molar-refractivity contribution in [1.82, 2.24) is 5.32 Å². The molecule has 0 saturated carbocycles. The van der Waals surface area contributed by atoms with Gasteiger partial charge in [-0.3, -0.25) is 0 Å². The largest absolute Gasteiger partial charge is 0.389 e. The molecule has 0 aliphatic heterocycles. The summed E-state index contributed by atoms with van der Waals surface area (Å²) < 4.78 is 0. The Labute approximate surface area is 81.4 Å². The first-order valence-electron chi connectivity index (χ1n) is 3.29. The van der Waals surface area contributed by atoms with Crippen LogP contribution in [0.1, 0.15) is 0 Å². The van der Waals surface area contributed by atoms with Crippen LogP contribution in [-0.4, -0.2) is 13.1 Å². The topological polar surface area (TPSA) is 90.1 Å². The van der Waals surface area contributed by atoms with Crippen molar-refractivity contribution in [2.75, 3.05) is 13.1 Å². The van der Waals surface area contributed by atoms with E-state index in [9.17, 15) is 0 Å². The van der Waals surface area contributed by atoms with E-state index < -0.39 is 0 Å². The molecule has 0 aromatic carbocycles. The monoisotopic (exact) mass is 210 g/mol. The Morgan fingerprint density at radius 3 is 2.25 bits per heavy atom. The van der Waals surface area contributed by atoms with Gasteiger partial charge in [0.2, 0.25) is 0 Å². The Morgan fingerprint density at radius 2 is 1.92 bits per heavy atom. The van der Waals surface area contributed by atoms with Gasteiger partial charge in [-0.1, -0.05) is 23.2 Å². The van der Waals surface area contributed by atoms with Crippen LogP contribution in [0.2, 0.25) is 0 Å². The maximum absolute atomic E-state index is 5.52. The summed E-state index contributed by atoms with van der Waals surface area (Å²) in [5.41, 5.74) is 16.3. The molecule has 0 unspecified atom stereocenters. The van der Waals surface area contributed by atoms with Crippen LogP contribution in [0.5, 0.6) is 0 Å². The molecule has 0 saturated heterocycles. The molecule has 0 fully saturated rings. The SMILES string of the molecule is NCCNC(/C=C(\N)Cl)=C(/N)Cl. The smallest absolute Gasteiger partial charge is 0.123 e. The van der Waals surface area contributed by atoms with Crippen LogP contribution in [0.25, 0.3) is 0 Å². The van der Waals surface area contributed by atoms with Crippen molar-refractivity contribution in [1.29, 1.82) is 0 Å². The average molecular weight is 211 g/mol. The maximum atomic E-state index is 5.52. The van der Waals surface area contributed by atoms with Gasteiger partial charge in [-0.05, 0) is 6.08 Å². The highest BCUT2D eigenvalue weighted by Crippen LogP contribution is 2.04. The lowest BCUT2D eigenvalue weighted by Gasteiger charge is -2.06. The zero-order valence-electron chi connectivity index (χ0n) is 6.48. The van der Waals surface area contributed by atoms with Crippen LogP contribution in [0.4, 0.5) is 0 Å². The molecular weight excluding hydrogens is 199 g/mol. The Kier molecular flexibility index (Phi) is 5.70. The summed E-state index contributed by atoms with van der Waals surface area (Å²) in [7, 11) is 0. The Bertz CT molecular complexity index is 192. The first-order chi connectivity index (χ1) is 5.57. The highest BCUT2D eigenvalue weighted by atomic mass is 35.5. The minimum absolute atomic E-state index is 0.104. The Balaban J connectivity index is 4.27. The Morgan fingerprint density at radius 1 is 1.33 bits per heavy atom. The molecule has 0 aliphatic carbocycles. The molecule has 0 amide bonds. The molecule has 0 aromatic rings. The molecule has 0 radical (unpaired) electrons. The summed E-state index contributed by atoms with van der Waals surface area (Å²) in [6.45, 7) is 1.03. The number of allylic oxidation sites excluding steroid dienone is 1. The number of halogens is 2. The van der Waals surface area contributed by atoms with E-state index in [0.29, 0.717) is 18.8 Å². The van der Waals surface area contributed by atoms with Crippen LogP contribution < -0.4 is 22.5 Å². The number of nitrogens with one attached hydrogen (secondary N) is 1. The molecule has 12 heavy (non-hydrogen) atoms. The second-order valence-electron chi connectivity index (χ2n) is 2.01. The quantitative estimate of drug-likeness (QED) is 0.387. The van der Waals surface area contributed by atoms with Crippen LogP contribution in [0.3, 0.4) is 0 Å². The minimum atomic E-state index is 0.104. The van der Waals surface area contributed by atoms with Gasteiger partial charge < -0.3 is 22.5 Å². The number of hydrogen-bond donors (Lipinski definition) is 4. The first kappa shape index (κ1) is 11.4. The molecule has 0 aliphatic rings. The van der Waals surface area contributed by atoms with E-state index in [4.69, 9.17) is 40.4 Å². The lowest BCUT2D eigenvalue weighted by atomic mass is 10.4. The Hall–Kier alpha value is -0.580. The third-order valence-corrected chi connectivity index (χ3v) is 1.31. The first-order valence-corrected chi connectivity index (χ1v) is 4.05. The van der Waals surface area contributed by atoms with Gasteiger partial charge in [0.1, 0.15) is 10.3 Å². The second kappa shape index (κ2) is 5.99. The summed E-state index contributed by atoms with van der Waals surface area (Å²) in [6, 6.07) is 0. The summed E-state index contributed by atoms with van der Waals surface area (Å²) in [5, 5.41) is 3.07. The van der Waals surface area contributed by atoms with Gasteiger partial charge in [0.25, 0.3) is 0 Å². The molecule has 0 heterocycles. The van der Waals surface area contributed by atoms with E-state index in [2.05, 4.69) is 5.32 Å². The summed E-state index contributed by atoms with van der Waals surface area (Å²) in [6.07, 6.45) is 1.43. The fourth-order valence-electron chi connectivity index (χ4n) is 0.549. The van der Waals surface area contributed by atoms with Gasteiger partial charge in [-0.2, -0.15) is 0 Å². The molecule has 70 valence electrons. The zero-order chi connectivity index (χ0) is 9.56. The minimum Gasteiger partial charge on any atom is -0.389 e. The number of hydrogen-bond acceptors (Lipinski definition) is 4. The van der Waals surface area contributed by atoms with Crippen molar-refractivity contribution < 1.29 is 0 Å². The highest BCUT2D eigenvalue weighted by molar-refractivity contribution is 6.30. The van der Waals surface area contributed by atoms with E-state index in [1.165, 1.54) is 6.08 Å². The summed E-state index contributed by atoms with van der Waals surface area (Å²) in [5.74, 6) is 0. The predicted octanol–water partition coefficient (Wildman–Crippen LogP) is -0.0598. The fourth-order valence-corrected chi connectivity index (χ4v) is 0.780. The van der Waals surface area contributed by atoms with Gasteiger partial charge in [0.15, 0.2) is 0 Å². The van der Waals surface area contributed by atoms with Gasteiger partial charge in [0.05, 0.1) is 5.70 Å². The third-order valence-electron chi connectivity index (χ3n) is 0.999. The normalized spacial score (nSPS) is 14.1. The van der Waals surface area contributed by atoms with Crippen LogP contribution in [0, 0.1) is 0 Å². The third kappa shape index (κ3) is 5.12. The van der Waals surface area contributed by atoms with Gasteiger partial charge in [-0.25, -0.2) is 0 Å². The van der Waals surface area contributed by atoms with Gasteiger partial charge >= 0.3 is 0 Å². The van der Waals surface area contributed by atoms with E-state index in [1.807, 2.05) is 0 Å². The molecule has 0 rings (SSSR count). The highest BCUT2D eigenvalue weighted by Gasteiger charge is 1.97. The maximum Gasteiger partial charge on any atom is 0.123 e. The van der Waals surface area contributed by atoms with Crippen molar-refractivity contribution in [2.24, 2.45) is 17.2 Å². The number of nitrogens with two attached hydrogens (primary N) is 3. The van der Waals surface area contributed by atoms with Crippen LogP contribution in [0.15, 0.2) is 22.1 Å². The number of rotatable bonds is 4. The standard InChI is InChI=1S/C6H12Cl2N4/c7-5(10)3-4(6(8)11)12-2-1-9/h3,12H,1-2,9-11H2/b5-3-,6-4+. The molecule has 6 heteroatoms. The molecule has 0 bridgehead atoms. The summed E-state index contributed by atoms with van der Waals surface area (Å²) >= 11 is 10.9. The molecule has 0 aromatic heterocycles. The predicted molar refractivity (Wildman–Crippen MR) is 52.2 cm³/mol. The van der Waals surface area contributed by atoms with Gasteiger partial charge in [0, 0.05) is 13.1 Å².